The first kappa shape index (κ1) is 28.4. The van der Waals surface area contributed by atoms with Crippen molar-refractivity contribution < 1.29 is 28.7 Å². The van der Waals surface area contributed by atoms with Gasteiger partial charge in [-0.2, -0.15) is 0 Å². The number of amides is 4. The molecule has 40 heavy (non-hydrogen) atoms. The Hall–Kier alpha value is -4.57. The molecule has 10 heteroatoms. The van der Waals surface area contributed by atoms with Crippen LogP contribution in [-0.2, 0) is 9.59 Å². The molecule has 0 saturated carbocycles. The Kier molecular flexibility index (Phi) is 9.58. The number of ether oxygens (including phenoxy) is 2. The van der Waals surface area contributed by atoms with Crippen LogP contribution in [0.5, 0.6) is 11.5 Å². The van der Waals surface area contributed by atoms with E-state index in [2.05, 4.69) is 10.6 Å². The first-order chi connectivity index (χ1) is 19.4. The molecule has 1 aliphatic rings. The second kappa shape index (κ2) is 13.5. The van der Waals surface area contributed by atoms with Crippen LogP contribution in [0.4, 0.5) is 16.2 Å². The number of imide groups is 1. The van der Waals surface area contributed by atoms with Crippen LogP contribution in [0.2, 0.25) is 0 Å². The molecular weight excluding hydrogens is 530 g/mol. The molecule has 9 nitrogen and oxygen atoms in total. The largest absolute Gasteiger partial charge is 0.497 e. The van der Waals surface area contributed by atoms with Crippen LogP contribution in [0.15, 0.2) is 77.7 Å². The van der Waals surface area contributed by atoms with Crippen LogP contribution in [0.3, 0.4) is 0 Å². The van der Waals surface area contributed by atoms with Crippen molar-refractivity contribution in [2.45, 2.75) is 19.8 Å². The Morgan fingerprint density at radius 2 is 1.50 bits per heavy atom. The fraction of sp³-hybridized carbons (Fsp3) is 0.200. The van der Waals surface area contributed by atoms with Crippen molar-refractivity contribution in [3.8, 4) is 11.5 Å². The van der Waals surface area contributed by atoms with E-state index in [4.69, 9.17) is 9.47 Å². The predicted octanol–water partition coefficient (Wildman–Crippen LogP) is 5.80. The summed E-state index contributed by atoms with van der Waals surface area (Å²) >= 11 is 0.883. The number of benzene rings is 3. The molecule has 0 radical (unpaired) electrons. The van der Waals surface area contributed by atoms with Crippen LogP contribution in [0.1, 0.15) is 35.7 Å². The number of thioether (sulfide) groups is 1. The topological polar surface area (TPSA) is 114 Å². The summed E-state index contributed by atoms with van der Waals surface area (Å²) in [7, 11) is 1.57. The SMILES string of the molecule is CCOc1ccc(NC(=O)c2ccc(NC(=O)CCCN3C(=O)S/C(=C\c4ccc(OC)cc4)C3=O)cc2)cc1. The molecule has 1 fully saturated rings. The van der Waals surface area contributed by atoms with Gasteiger partial charge in [0.05, 0.1) is 18.6 Å². The summed E-state index contributed by atoms with van der Waals surface area (Å²) in [5, 5.41) is 5.24. The normalized spacial score (nSPS) is 13.8. The molecule has 4 amide bonds. The number of methoxy groups -OCH3 is 1. The van der Waals surface area contributed by atoms with Gasteiger partial charge in [0.15, 0.2) is 0 Å². The molecule has 0 bridgehead atoms. The van der Waals surface area contributed by atoms with E-state index < -0.39 is 0 Å². The summed E-state index contributed by atoms with van der Waals surface area (Å²) in [4.78, 5) is 51.5. The molecule has 1 heterocycles. The Morgan fingerprint density at radius 3 is 2.15 bits per heavy atom. The number of carbonyl (C=O) groups excluding carboxylic acids is 4. The molecule has 0 atom stereocenters. The Labute approximate surface area is 236 Å². The van der Waals surface area contributed by atoms with Crippen molar-refractivity contribution in [3.05, 3.63) is 88.8 Å². The van der Waals surface area contributed by atoms with Crippen LogP contribution < -0.4 is 20.1 Å². The quantitative estimate of drug-likeness (QED) is 0.285. The highest BCUT2D eigenvalue weighted by Gasteiger charge is 2.34. The lowest BCUT2D eigenvalue weighted by atomic mass is 10.1. The highest BCUT2D eigenvalue weighted by Crippen LogP contribution is 2.32. The van der Waals surface area contributed by atoms with Crippen LogP contribution >= 0.6 is 11.8 Å². The lowest BCUT2D eigenvalue weighted by molar-refractivity contribution is -0.123. The lowest BCUT2D eigenvalue weighted by Gasteiger charge is -2.12. The summed E-state index contributed by atoms with van der Waals surface area (Å²) in [5.74, 6) is 0.521. The summed E-state index contributed by atoms with van der Waals surface area (Å²) < 4.78 is 10.5. The molecule has 3 aromatic carbocycles. The lowest BCUT2D eigenvalue weighted by Crippen LogP contribution is -2.29. The number of carbonyl (C=O) groups is 4. The van der Waals surface area contributed by atoms with Gasteiger partial charge in [-0.15, -0.1) is 0 Å². The van der Waals surface area contributed by atoms with E-state index in [1.54, 1.807) is 86.0 Å². The van der Waals surface area contributed by atoms with Gasteiger partial charge < -0.3 is 20.1 Å². The van der Waals surface area contributed by atoms with Crippen molar-refractivity contribution in [2.75, 3.05) is 30.9 Å². The van der Waals surface area contributed by atoms with Crippen molar-refractivity contribution in [2.24, 2.45) is 0 Å². The van der Waals surface area contributed by atoms with Gasteiger partial charge in [0.25, 0.3) is 17.1 Å². The zero-order valence-electron chi connectivity index (χ0n) is 22.1. The third-order valence-corrected chi connectivity index (χ3v) is 6.83. The first-order valence-electron chi connectivity index (χ1n) is 12.7. The van der Waals surface area contributed by atoms with E-state index >= 15 is 0 Å². The molecule has 1 aliphatic heterocycles. The number of rotatable bonds is 11. The smallest absolute Gasteiger partial charge is 0.293 e. The maximum absolute atomic E-state index is 12.7. The molecule has 2 N–H and O–H groups in total. The fourth-order valence-corrected chi connectivity index (χ4v) is 4.74. The van der Waals surface area contributed by atoms with E-state index in [0.29, 0.717) is 40.6 Å². The monoisotopic (exact) mass is 559 g/mol. The minimum atomic E-state index is -0.370. The van der Waals surface area contributed by atoms with Crippen molar-refractivity contribution in [1.82, 2.24) is 4.90 Å². The van der Waals surface area contributed by atoms with E-state index in [1.807, 2.05) is 6.92 Å². The van der Waals surface area contributed by atoms with Gasteiger partial charge in [-0.25, -0.2) is 0 Å². The van der Waals surface area contributed by atoms with Crippen LogP contribution in [0.25, 0.3) is 6.08 Å². The number of anilines is 2. The fourth-order valence-electron chi connectivity index (χ4n) is 3.87. The summed E-state index contributed by atoms with van der Waals surface area (Å²) in [6.07, 6.45) is 2.11. The molecule has 0 aliphatic carbocycles. The third-order valence-electron chi connectivity index (χ3n) is 5.93. The van der Waals surface area contributed by atoms with Gasteiger partial charge >= 0.3 is 0 Å². The van der Waals surface area contributed by atoms with Gasteiger partial charge in [0, 0.05) is 29.9 Å². The number of hydrogen-bond acceptors (Lipinski definition) is 7. The van der Waals surface area contributed by atoms with Gasteiger partial charge in [-0.05, 0) is 97.4 Å². The standard InChI is InChI=1S/C30H29N3O6S/c1-3-39-25-16-12-23(13-17-25)32-28(35)21-8-10-22(11-9-21)31-27(34)5-4-18-33-29(36)26(40-30(33)37)19-20-6-14-24(38-2)15-7-20/h6-17,19H,3-5,18H2,1-2H3,(H,31,34)(H,32,35)/b26-19-. The molecule has 0 aromatic heterocycles. The molecule has 206 valence electrons. The number of nitrogens with zero attached hydrogens (tertiary/aromatic N) is 1. The van der Waals surface area contributed by atoms with Crippen molar-refractivity contribution in [1.29, 1.82) is 0 Å². The zero-order valence-corrected chi connectivity index (χ0v) is 23.0. The molecule has 4 rings (SSSR count). The Balaban J connectivity index is 1.23. The number of nitrogens with one attached hydrogen (secondary N) is 2. The van der Waals surface area contributed by atoms with Gasteiger partial charge in [-0.3, -0.25) is 24.1 Å². The van der Waals surface area contributed by atoms with Crippen LogP contribution in [0, 0.1) is 0 Å². The average molecular weight is 560 g/mol. The molecule has 3 aromatic rings. The van der Waals surface area contributed by atoms with E-state index in [-0.39, 0.29) is 35.9 Å². The van der Waals surface area contributed by atoms with Crippen molar-refractivity contribution in [3.63, 3.8) is 0 Å². The first-order valence-corrected chi connectivity index (χ1v) is 13.5. The maximum atomic E-state index is 12.7. The average Bonchev–Trinajstić information content (AvgIpc) is 3.22. The highest BCUT2D eigenvalue weighted by atomic mass is 32.2. The Morgan fingerprint density at radius 1 is 0.875 bits per heavy atom. The third kappa shape index (κ3) is 7.51. The molecular formula is C30H29N3O6S. The molecule has 0 unspecified atom stereocenters. The van der Waals surface area contributed by atoms with Crippen molar-refractivity contribution >= 4 is 52.2 Å². The van der Waals surface area contributed by atoms with E-state index in [0.717, 1.165) is 28.0 Å². The summed E-state index contributed by atoms with van der Waals surface area (Å²) in [5.41, 5.74) is 2.40. The minimum absolute atomic E-state index is 0.124. The van der Waals surface area contributed by atoms with E-state index in [1.165, 1.54) is 0 Å². The predicted molar refractivity (Wildman–Crippen MR) is 156 cm³/mol. The second-order valence-electron chi connectivity index (χ2n) is 8.75. The maximum Gasteiger partial charge on any atom is 0.293 e. The minimum Gasteiger partial charge on any atom is -0.497 e. The Bertz CT molecular complexity index is 1400. The van der Waals surface area contributed by atoms with Crippen LogP contribution in [-0.4, -0.2) is 48.1 Å². The summed E-state index contributed by atoms with van der Waals surface area (Å²) in [6, 6.07) is 20.8. The zero-order chi connectivity index (χ0) is 28.5. The second-order valence-corrected chi connectivity index (χ2v) is 9.74. The van der Waals surface area contributed by atoms with Gasteiger partial charge in [-0.1, -0.05) is 12.1 Å². The number of hydrogen-bond donors (Lipinski definition) is 2. The summed E-state index contributed by atoms with van der Waals surface area (Å²) in [6.45, 7) is 2.61. The molecule has 1 saturated heterocycles. The van der Waals surface area contributed by atoms with Gasteiger partial charge in [0.1, 0.15) is 11.5 Å². The highest BCUT2D eigenvalue weighted by molar-refractivity contribution is 8.18. The van der Waals surface area contributed by atoms with E-state index in [9.17, 15) is 19.2 Å². The molecule has 0 spiro atoms. The van der Waals surface area contributed by atoms with Gasteiger partial charge in [0.2, 0.25) is 5.91 Å².